The maximum atomic E-state index is 5.28. The van der Waals surface area contributed by atoms with Crippen molar-refractivity contribution >= 4 is 5.57 Å². The van der Waals surface area contributed by atoms with Crippen LogP contribution in [-0.4, -0.2) is 7.11 Å². The summed E-state index contributed by atoms with van der Waals surface area (Å²) < 4.78 is 5.28. The minimum absolute atomic E-state index is 0.705. The first-order chi connectivity index (χ1) is 6.33. The summed E-state index contributed by atoms with van der Waals surface area (Å²) >= 11 is 0. The van der Waals surface area contributed by atoms with Crippen molar-refractivity contribution < 1.29 is 4.74 Å². The van der Waals surface area contributed by atoms with E-state index >= 15 is 0 Å². The Morgan fingerprint density at radius 1 is 1.38 bits per heavy atom. The highest BCUT2D eigenvalue weighted by Gasteiger charge is 2.26. The first-order valence-corrected chi connectivity index (χ1v) is 4.65. The molecule has 0 aromatic heterocycles. The number of ether oxygens (including phenoxy) is 1. The third-order valence-corrected chi connectivity index (χ3v) is 2.52. The fraction of sp³-hybridized carbons (Fsp3) is 0.333. The molecule has 0 saturated heterocycles. The van der Waals surface area contributed by atoms with Crippen molar-refractivity contribution in [2.75, 3.05) is 7.11 Å². The molecule has 0 aliphatic heterocycles. The van der Waals surface area contributed by atoms with E-state index in [1.807, 2.05) is 18.2 Å². The number of rotatable bonds is 3. The quantitative estimate of drug-likeness (QED) is 0.684. The second-order valence-electron chi connectivity index (χ2n) is 3.50. The summed E-state index contributed by atoms with van der Waals surface area (Å²) in [6.45, 7) is 4.12. The van der Waals surface area contributed by atoms with Gasteiger partial charge in [0, 0.05) is 5.56 Å². The molecule has 1 heteroatoms. The Kier molecular flexibility index (Phi) is 2.09. The van der Waals surface area contributed by atoms with Crippen LogP contribution in [0.5, 0.6) is 5.75 Å². The van der Waals surface area contributed by atoms with Gasteiger partial charge in [-0.1, -0.05) is 24.8 Å². The fourth-order valence-corrected chi connectivity index (χ4v) is 1.56. The smallest absolute Gasteiger partial charge is 0.126 e. The zero-order chi connectivity index (χ0) is 9.26. The molecule has 1 fully saturated rings. The molecule has 1 saturated carbocycles. The zero-order valence-electron chi connectivity index (χ0n) is 7.92. The van der Waals surface area contributed by atoms with Crippen LogP contribution in [0.15, 0.2) is 30.8 Å². The molecule has 1 nitrogen and oxygen atoms in total. The minimum Gasteiger partial charge on any atom is -0.496 e. The van der Waals surface area contributed by atoms with Crippen LogP contribution in [0.4, 0.5) is 0 Å². The Hall–Kier alpha value is -1.24. The van der Waals surface area contributed by atoms with Crippen molar-refractivity contribution in [1.29, 1.82) is 0 Å². The number of methoxy groups -OCH3 is 1. The summed E-state index contributed by atoms with van der Waals surface area (Å²) in [6.07, 6.45) is 2.58. The molecule has 0 bridgehead atoms. The standard InChI is InChI=1S/C12H14O/c1-9(10-7-8-10)11-5-3-4-6-12(11)13-2/h3-6,10H,1,7-8H2,2H3. The maximum absolute atomic E-state index is 5.28. The summed E-state index contributed by atoms with van der Waals surface area (Å²) in [6, 6.07) is 8.09. The molecule has 1 aliphatic rings. The van der Waals surface area contributed by atoms with Crippen LogP contribution in [0.25, 0.3) is 5.57 Å². The highest BCUT2D eigenvalue weighted by atomic mass is 16.5. The molecular weight excluding hydrogens is 160 g/mol. The molecule has 2 rings (SSSR count). The van der Waals surface area contributed by atoms with Crippen molar-refractivity contribution in [2.24, 2.45) is 5.92 Å². The molecule has 1 aromatic rings. The summed E-state index contributed by atoms with van der Waals surface area (Å²) in [7, 11) is 1.71. The molecule has 0 unspecified atom stereocenters. The second-order valence-corrected chi connectivity index (χ2v) is 3.50. The van der Waals surface area contributed by atoms with E-state index < -0.39 is 0 Å². The highest BCUT2D eigenvalue weighted by molar-refractivity contribution is 5.71. The first kappa shape index (κ1) is 8.36. The Morgan fingerprint density at radius 2 is 2.08 bits per heavy atom. The Balaban J connectivity index is 2.31. The number of para-hydroxylation sites is 1. The lowest BCUT2D eigenvalue weighted by Gasteiger charge is -2.09. The van der Waals surface area contributed by atoms with Gasteiger partial charge in [-0.05, 0) is 30.4 Å². The third kappa shape index (κ3) is 1.59. The SMILES string of the molecule is C=C(c1ccccc1OC)C1CC1. The number of benzene rings is 1. The molecule has 1 aliphatic carbocycles. The van der Waals surface area contributed by atoms with E-state index in [-0.39, 0.29) is 0 Å². The van der Waals surface area contributed by atoms with Gasteiger partial charge in [0.2, 0.25) is 0 Å². The van der Waals surface area contributed by atoms with Gasteiger partial charge in [-0.25, -0.2) is 0 Å². The molecular formula is C12H14O. The van der Waals surface area contributed by atoms with Gasteiger partial charge in [-0.15, -0.1) is 0 Å². The van der Waals surface area contributed by atoms with E-state index in [0.717, 1.165) is 5.75 Å². The third-order valence-electron chi connectivity index (χ3n) is 2.52. The number of hydrogen-bond donors (Lipinski definition) is 0. The Morgan fingerprint density at radius 3 is 2.69 bits per heavy atom. The minimum atomic E-state index is 0.705. The zero-order valence-corrected chi connectivity index (χ0v) is 7.92. The topological polar surface area (TPSA) is 9.23 Å². The average molecular weight is 174 g/mol. The molecule has 13 heavy (non-hydrogen) atoms. The van der Waals surface area contributed by atoms with Gasteiger partial charge in [0.15, 0.2) is 0 Å². The lowest BCUT2D eigenvalue weighted by Crippen LogP contribution is -1.91. The van der Waals surface area contributed by atoms with Crippen LogP contribution < -0.4 is 4.74 Å². The molecule has 0 spiro atoms. The normalized spacial score (nSPS) is 15.5. The van der Waals surface area contributed by atoms with Gasteiger partial charge in [0.1, 0.15) is 5.75 Å². The van der Waals surface area contributed by atoms with Gasteiger partial charge in [-0.2, -0.15) is 0 Å². The van der Waals surface area contributed by atoms with Crippen LogP contribution in [0.3, 0.4) is 0 Å². The molecule has 0 radical (unpaired) electrons. The van der Waals surface area contributed by atoms with E-state index in [1.54, 1.807) is 7.11 Å². The van der Waals surface area contributed by atoms with Crippen molar-refractivity contribution in [1.82, 2.24) is 0 Å². The number of hydrogen-bond acceptors (Lipinski definition) is 1. The van der Waals surface area contributed by atoms with E-state index in [4.69, 9.17) is 4.74 Å². The lowest BCUT2D eigenvalue weighted by molar-refractivity contribution is 0.413. The summed E-state index contributed by atoms with van der Waals surface area (Å²) in [5, 5.41) is 0. The number of allylic oxidation sites excluding steroid dienone is 1. The van der Waals surface area contributed by atoms with Crippen molar-refractivity contribution in [3.05, 3.63) is 36.4 Å². The van der Waals surface area contributed by atoms with Gasteiger partial charge < -0.3 is 4.74 Å². The Labute approximate surface area is 79.0 Å². The van der Waals surface area contributed by atoms with Crippen molar-refractivity contribution in [2.45, 2.75) is 12.8 Å². The molecule has 0 amide bonds. The molecule has 0 heterocycles. The fourth-order valence-electron chi connectivity index (χ4n) is 1.56. The van der Waals surface area contributed by atoms with Crippen LogP contribution in [0.1, 0.15) is 18.4 Å². The monoisotopic (exact) mass is 174 g/mol. The molecule has 68 valence electrons. The van der Waals surface area contributed by atoms with Gasteiger partial charge >= 0.3 is 0 Å². The summed E-state index contributed by atoms with van der Waals surface area (Å²) in [5.41, 5.74) is 2.41. The van der Waals surface area contributed by atoms with E-state index in [1.165, 1.54) is 24.0 Å². The van der Waals surface area contributed by atoms with Crippen LogP contribution in [0, 0.1) is 5.92 Å². The van der Waals surface area contributed by atoms with Crippen molar-refractivity contribution in [3.8, 4) is 5.75 Å². The molecule has 1 aromatic carbocycles. The first-order valence-electron chi connectivity index (χ1n) is 4.65. The van der Waals surface area contributed by atoms with Crippen LogP contribution in [0.2, 0.25) is 0 Å². The highest BCUT2D eigenvalue weighted by Crippen LogP contribution is 2.43. The van der Waals surface area contributed by atoms with Gasteiger partial charge in [0.05, 0.1) is 7.11 Å². The summed E-state index contributed by atoms with van der Waals surface area (Å²) in [5.74, 6) is 1.65. The largest absolute Gasteiger partial charge is 0.496 e. The molecule has 0 N–H and O–H groups in total. The summed E-state index contributed by atoms with van der Waals surface area (Å²) in [4.78, 5) is 0. The Bertz CT molecular complexity index is 324. The van der Waals surface area contributed by atoms with E-state index in [0.29, 0.717) is 5.92 Å². The van der Waals surface area contributed by atoms with E-state index in [2.05, 4.69) is 12.6 Å². The van der Waals surface area contributed by atoms with Crippen molar-refractivity contribution in [3.63, 3.8) is 0 Å². The van der Waals surface area contributed by atoms with Gasteiger partial charge in [-0.3, -0.25) is 0 Å². The predicted molar refractivity (Wildman–Crippen MR) is 54.8 cm³/mol. The second kappa shape index (κ2) is 3.25. The average Bonchev–Trinajstić information content (AvgIpc) is 3.00. The van der Waals surface area contributed by atoms with E-state index in [9.17, 15) is 0 Å². The van der Waals surface area contributed by atoms with Gasteiger partial charge in [0.25, 0.3) is 0 Å². The lowest BCUT2D eigenvalue weighted by atomic mass is 10.0. The predicted octanol–water partition coefficient (Wildman–Crippen LogP) is 3.12. The molecule has 0 atom stereocenters. The van der Waals surface area contributed by atoms with Crippen LogP contribution in [-0.2, 0) is 0 Å². The maximum Gasteiger partial charge on any atom is 0.126 e. The van der Waals surface area contributed by atoms with Crippen LogP contribution >= 0.6 is 0 Å².